The summed E-state index contributed by atoms with van der Waals surface area (Å²) in [6.45, 7) is 2.00. The van der Waals surface area contributed by atoms with Crippen molar-refractivity contribution in [1.82, 2.24) is 10.3 Å². The SMILES string of the molecule is Cc1nc(CNC(=O)C(=O)O)cs1. The van der Waals surface area contributed by atoms with Crippen LogP contribution in [0.25, 0.3) is 0 Å². The van der Waals surface area contributed by atoms with Crippen molar-refractivity contribution in [2.24, 2.45) is 0 Å². The first kappa shape index (κ1) is 9.66. The van der Waals surface area contributed by atoms with Crippen molar-refractivity contribution < 1.29 is 14.7 Å². The van der Waals surface area contributed by atoms with Crippen LogP contribution in [0.2, 0.25) is 0 Å². The van der Waals surface area contributed by atoms with E-state index in [1.54, 1.807) is 5.38 Å². The summed E-state index contributed by atoms with van der Waals surface area (Å²) in [4.78, 5) is 24.7. The smallest absolute Gasteiger partial charge is 0.394 e. The molecule has 0 saturated carbocycles. The number of amides is 1. The first-order valence-corrected chi connectivity index (χ1v) is 4.39. The van der Waals surface area contributed by atoms with Gasteiger partial charge >= 0.3 is 11.9 Å². The third-order valence-corrected chi connectivity index (χ3v) is 2.11. The van der Waals surface area contributed by atoms with Crippen molar-refractivity contribution >= 4 is 23.2 Å². The van der Waals surface area contributed by atoms with Gasteiger partial charge in [0.25, 0.3) is 0 Å². The van der Waals surface area contributed by atoms with Gasteiger partial charge in [-0.1, -0.05) is 0 Å². The van der Waals surface area contributed by atoms with Gasteiger partial charge in [0.05, 0.1) is 17.2 Å². The second-order valence-corrected chi connectivity index (χ2v) is 3.41. The Labute approximate surface area is 78.4 Å². The summed E-state index contributed by atoms with van der Waals surface area (Å²) in [6, 6.07) is 0. The third kappa shape index (κ3) is 2.83. The molecule has 0 aromatic carbocycles. The molecular formula is C7H8N2O3S. The van der Waals surface area contributed by atoms with Crippen LogP contribution >= 0.6 is 11.3 Å². The minimum atomic E-state index is -1.48. The molecule has 1 heterocycles. The van der Waals surface area contributed by atoms with E-state index in [-0.39, 0.29) is 6.54 Å². The van der Waals surface area contributed by atoms with E-state index in [2.05, 4.69) is 10.3 Å². The number of carboxylic acid groups (broad SMARTS) is 1. The Morgan fingerprint density at radius 2 is 2.38 bits per heavy atom. The number of rotatable bonds is 2. The molecule has 2 N–H and O–H groups in total. The third-order valence-electron chi connectivity index (χ3n) is 1.29. The van der Waals surface area contributed by atoms with Crippen molar-refractivity contribution in [3.8, 4) is 0 Å². The van der Waals surface area contributed by atoms with Gasteiger partial charge in [0.2, 0.25) is 0 Å². The van der Waals surface area contributed by atoms with Crippen LogP contribution in [-0.2, 0) is 16.1 Å². The molecule has 70 valence electrons. The number of hydrogen-bond acceptors (Lipinski definition) is 4. The summed E-state index contributed by atoms with van der Waals surface area (Å²) in [7, 11) is 0. The van der Waals surface area contributed by atoms with E-state index >= 15 is 0 Å². The fourth-order valence-corrected chi connectivity index (χ4v) is 1.35. The van der Waals surface area contributed by atoms with Crippen molar-refractivity contribution in [1.29, 1.82) is 0 Å². The molecule has 0 unspecified atom stereocenters. The van der Waals surface area contributed by atoms with Crippen molar-refractivity contribution in [2.45, 2.75) is 13.5 Å². The maximum Gasteiger partial charge on any atom is 0.394 e. The predicted octanol–water partition coefficient (Wildman–Crippen LogP) is 0.152. The lowest BCUT2D eigenvalue weighted by atomic mass is 10.4. The molecule has 0 fully saturated rings. The molecule has 1 rings (SSSR count). The van der Waals surface area contributed by atoms with Gasteiger partial charge in [0, 0.05) is 5.38 Å². The highest BCUT2D eigenvalue weighted by Crippen LogP contribution is 2.06. The number of aryl methyl sites for hydroxylation is 1. The summed E-state index contributed by atoms with van der Waals surface area (Å²) >= 11 is 1.45. The number of hydrogen-bond donors (Lipinski definition) is 2. The Bertz CT molecular complexity index is 334. The second kappa shape index (κ2) is 3.99. The zero-order valence-electron chi connectivity index (χ0n) is 6.90. The van der Waals surface area contributed by atoms with Gasteiger partial charge in [-0.3, -0.25) is 4.79 Å². The van der Waals surface area contributed by atoms with E-state index in [9.17, 15) is 9.59 Å². The summed E-state index contributed by atoms with van der Waals surface area (Å²) in [5.74, 6) is -2.49. The van der Waals surface area contributed by atoms with E-state index in [0.29, 0.717) is 5.69 Å². The minimum Gasteiger partial charge on any atom is -0.474 e. The highest BCUT2D eigenvalue weighted by molar-refractivity contribution is 7.09. The van der Waals surface area contributed by atoms with Crippen LogP contribution < -0.4 is 5.32 Å². The molecule has 0 bridgehead atoms. The number of aliphatic carboxylic acids is 1. The molecule has 6 heteroatoms. The maximum absolute atomic E-state index is 10.6. The predicted molar refractivity (Wildman–Crippen MR) is 46.3 cm³/mol. The first-order chi connectivity index (χ1) is 6.09. The second-order valence-electron chi connectivity index (χ2n) is 2.35. The van der Waals surface area contributed by atoms with Gasteiger partial charge in [-0.15, -0.1) is 11.3 Å². The van der Waals surface area contributed by atoms with Gasteiger partial charge in [0.15, 0.2) is 0 Å². The average molecular weight is 200 g/mol. The molecule has 0 atom stereocenters. The molecule has 0 radical (unpaired) electrons. The number of carbonyl (C=O) groups is 2. The average Bonchev–Trinajstić information content (AvgIpc) is 2.47. The normalized spacial score (nSPS) is 9.62. The molecule has 0 aliphatic heterocycles. The van der Waals surface area contributed by atoms with Gasteiger partial charge in [-0.2, -0.15) is 0 Å². The van der Waals surface area contributed by atoms with Gasteiger partial charge in [0.1, 0.15) is 0 Å². The Hall–Kier alpha value is -1.43. The Morgan fingerprint density at radius 3 is 2.85 bits per heavy atom. The molecule has 1 amide bonds. The van der Waals surface area contributed by atoms with Gasteiger partial charge in [-0.25, -0.2) is 9.78 Å². The number of aromatic nitrogens is 1. The van der Waals surface area contributed by atoms with Crippen LogP contribution in [0.4, 0.5) is 0 Å². The van der Waals surface area contributed by atoms with E-state index < -0.39 is 11.9 Å². The molecule has 1 aromatic rings. The highest BCUT2D eigenvalue weighted by atomic mass is 32.1. The Morgan fingerprint density at radius 1 is 1.69 bits per heavy atom. The first-order valence-electron chi connectivity index (χ1n) is 3.51. The summed E-state index contributed by atoms with van der Waals surface area (Å²) in [5, 5.41) is 13.1. The lowest BCUT2D eigenvalue weighted by Crippen LogP contribution is -2.30. The van der Waals surface area contributed by atoms with Crippen LogP contribution in [0.5, 0.6) is 0 Å². The molecule has 13 heavy (non-hydrogen) atoms. The standard InChI is InChI=1S/C7H8N2O3S/c1-4-9-5(3-13-4)2-8-6(10)7(11)12/h3H,2H2,1H3,(H,8,10)(H,11,12). The molecular weight excluding hydrogens is 192 g/mol. The minimum absolute atomic E-state index is 0.162. The zero-order valence-corrected chi connectivity index (χ0v) is 7.72. The lowest BCUT2D eigenvalue weighted by Gasteiger charge is -1.96. The van der Waals surface area contributed by atoms with Crippen LogP contribution in [0.3, 0.4) is 0 Å². The van der Waals surface area contributed by atoms with E-state index in [1.807, 2.05) is 6.92 Å². The van der Waals surface area contributed by atoms with E-state index in [1.165, 1.54) is 11.3 Å². The number of thiazole rings is 1. The van der Waals surface area contributed by atoms with E-state index in [0.717, 1.165) is 5.01 Å². The number of nitrogens with one attached hydrogen (secondary N) is 1. The quantitative estimate of drug-likeness (QED) is 0.666. The van der Waals surface area contributed by atoms with E-state index in [4.69, 9.17) is 5.11 Å². The highest BCUT2D eigenvalue weighted by Gasteiger charge is 2.10. The van der Waals surface area contributed by atoms with Crippen LogP contribution in [0.1, 0.15) is 10.7 Å². The molecule has 1 aromatic heterocycles. The zero-order chi connectivity index (χ0) is 9.84. The topological polar surface area (TPSA) is 79.3 Å². The number of carbonyl (C=O) groups excluding carboxylic acids is 1. The Kier molecular flexibility index (Phi) is 2.97. The van der Waals surface area contributed by atoms with Crippen molar-refractivity contribution in [3.63, 3.8) is 0 Å². The Balaban J connectivity index is 2.44. The fraction of sp³-hybridized carbons (Fsp3) is 0.286. The summed E-state index contributed by atoms with van der Waals surface area (Å²) in [6.07, 6.45) is 0. The molecule has 0 saturated heterocycles. The fourth-order valence-electron chi connectivity index (χ4n) is 0.736. The number of nitrogens with zero attached hydrogens (tertiary/aromatic N) is 1. The van der Waals surface area contributed by atoms with Crippen molar-refractivity contribution in [2.75, 3.05) is 0 Å². The monoisotopic (exact) mass is 200 g/mol. The maximum atomic E-state index is 10.6. The molecule has 5 nitrogen and oxygen atoms in total. The van der Waals surface area contributed by atoms with Crippen LogP contribution in [-0.4, -0.2) is 22.0 Å². The lowest BCUT2D eigenvalue weighted by molar-refractivity contribution is -0.150. The van der Waals surface area contributed by atoms with Gasteiger partial charge < -0.3 is 10.4 Å². The summed E-state index contributed by atoms with van der Waals surface area (Å²) in [5.41, 5.74) is 0.678. The van der Waals surface area contributed by atoms with Crippen LogP contribution in [0, 0.1) is 6.92 Å². The molecule has 0 aliphatic rings. The largest absolute Gasteiger partial charge is 0.474 e. The summed E-state index contributed by atoms with van der Waals surface area (Å²) < 4.78 is 0. The van der Waals surface area contributed by atoms with Crippen LogP contribution in [0.15, 0.2) is 5.38 Å². The van der Waals surface area contributed by atoms with Gasteiger partial charge in [-0.05, 0) is 6.92 Å². The van der Waals surface area contributed by atoms with Crippen molar-refractivity contribution in [3.05, 3.63) is 16.1 Å². The number of carboxylic acids is 1. The molecule has 0 spiro atoms. The molecule has 0 aliphatic carbocycles.